The summed E-state index contributed by atoms with van der Waals surface area (Å²) in [4.78, 5) is 4.26. The smallest absolute Gasteiger partial charge is 0.147 e. The minimum atomic E-state index is -0.223. The molecule has 0 saturated carbocycles. The number of aryl methyl sites for hydroxylation is 1. The van der Waals surface area contributed by atoms with Gasteiger partial charge in [0.05, 0.1) is 17.7 Å². The van der Waals surface area contributed by atoms with Crippen LogP contribution in [0.4, 0.5) is 4.39 Å². The number of hydrogen-bond donors (Lipinski definition) is 1. The van der Waals surface area contributed by atoms with Crippen molar-refractivity contribution >= 4 is 0 Å². The Hall–Kier alpha value is -1.68. The number of nitrogens with zero attached hydrogens (tertiary/aromatic N) is 2. The zero-order valence-corrected chi connectivity index (χ0v) is 12.8. The van der Waals surface area contributed by atoms with Crippen molar-refractivity contribution in [3.8, 4) is 5.69 Å². The van der Waals surface area contributed by atoms with Crippen molar-refractivity contribution in [1.29, 1.82) is 0 Å². The van der Waals surface area contributed by atoms with Gasteiger partial charge in [0.2, 0.25) is 0 Å². The Morgan fingerprint density at radius 1 is 1.25 bits per heavy atom. The summed E-state index contributed by atoms with van der Waals surface area (Å²) < 4.78 is 16.1. The maximum Gasteiger partial charge on any atom is 0.147 e. The van der Waals surface area contributed by atoms with Crippen LogP contribution in [-0.4, -0.2) is 15.1 Å². The molecule has 0 unspecified atom stereocenters. The highest BCUT2D eigenvalue weighted by Crippen LogP contribution is 2.22. The van der Waals surface area contributed by atoms with Gasteiger partial charge in [-0.2, -0.15) is 0 Å². The Bertz CT molecular complexity index is 609. The molecule has 0 atom stereocenters. The lowest BCUT2D eigenvalue weighted by Crippen LogP contribution is -2.35. The van der Waals surface area contributed by atoms with Gasteiger partial charge in [-0.05, 0) is 46.2 Å². The summed E-state index contributed by atoms with van der Waals surface area (Å²) in [6, 6.07) is 5.19. The highest BCUT2D eigenvalue weighted by atomic mass is 19.1. The number of aromatic nitrogens is 2. The predicted octanol–water partition coefficient (Wildman–Crippen LogP) is 3.52. The zero-order valence-electron chi connectivity index (χ0n) is 12.8. The second-order valence-corrected chi connectivity index (χ2v) is 6.14. The van der Waals surface area contributed by atoms with Crippen molar-refractivity contribution in [1.82, 2.24) is 14.9 Å². The Balaban J connectivity index is 2.44. The first-order chi connectivity index (χ1) is 9.29. The third-order valence-corrected chi connectivity index (χ3v) is 3.37. The first kappa shape index (κ1) is 14.7. The van der Waals surface area contributed by atoms with Crippen LogP contribution in [0.2, 0.25) is 0 Å². The van der Waals surface area contributed by atoms with Crippen molar-refractivity contribution in [2.75, 3.05) is 0 Å². The van der Waals surface area contributed by atoms with Gasteiger partial charge in [0.25, 0.3) is 0 Å². The molecule has 0 spiro atoms. The summed E-state index contributed by atoms with van der Waals surface area (Å²) >= 11 is 0. The fraction of sp³-hybridized carbons (Fsp3) is 0.438. The molecule has 0 aliphatic heterocycles. The molecule has 1 N–H and O–H groups in total. The average Bonchev–Trinajstić information content (AvgIpc) is 2.67. The highest BCUT2D eigenvalue weighted by Gasteiger charge is 2.16. The largest absolute Gasteiger partial charge is 0.308 e. The third-order valence-electron chi connectivity index (χ3n) is 3.37. The lowest BCUT2D eigenvalue weighted by Gasteiger charge is -2.22. The van der Waals surface area contributed by atoms with E-state index in [0.29, 0.717) is 12.2 Å². The maximum absolute atomic E-state index is 14.3. The van der Waals surface area contributed by atoms with Gasteiger partial charge in [-0.1, -0.05) is 12.1 Å². The van der Waals surface area contributed by atoms with Crippen LogP contribution < -0.4 is 5.32 Å². The summed E-state index contributed by atoms with van der Waals surface area (Å²) in [6.45, 7) is 10.8. The molecule has 1 aromatic carbocycles. The molecular weight excluding hydrogens is 253 g/mol. The quantitative estimate of drug-likeness (QED) is 0.929. The summed E-state index contributed by atoms with van der Waals surface area (Å²) in [5, 5.41) is 3.40. The van der Waals surface area contributed by atoms with Gasteiger partial charge in [0, 0.05) is 17.8 Å². The molecule has 2 aromatic rings. The maximum atomic E-state index is 14.3. The molecule has 4 heteroatoms. The van der Waals surface area contributed by atoms with E-state index >= 15 is 0 Å². The monoisotopic (exact) mass is 275 g/mol. The first-order valence-electron chi connectivity index (χ1n) is 6.83. The summed E-state index contributed by atoms with van der Waals surface area (Å²) in [6.07, 6.45) is 1.68. The molecule has 108 valence electrons. The molecule has 0 fully saturated rings. The van der Waals surface area contributed by atoms with E-state index in [1.54, 1.807) is 12.4 Å². The molecule has 0 amide bonds. The molecule has 0 bridgehead atoms. The van der Waals surface area contributed by atoms with Gasteiger partial charge in [-0.15, -0.1) is 0 Å². The predicted molar refractivity (Wildman–Crippen MR) is 79.6 cm³/mol. The Labute approximate surface area is 119 Å². The number of rotatable bonds is 3. The van der Waals surface area contributed by atoms with Crippen LogP contribution in [0, 0.1) is 19.7 Å². The molecule has 0 aliphatic rings. The third kappa shape index (κ3) is 3.07. The molecule has 3 nitrogen and oxygen atoms in total. The van der Waals surface area contributed by atoms with Crippen molar-refractivity contribution in [3.63, 3.8) is 0 Å². The van der Waals surface area contributed by atoms with Gasteiger partial charge in [-0.3, -0.25) is 0 Å². The van der Waals surface area contributed by atoms with E-state index in [0.717, 1.165) is 17.0 Å². The van der Waals surface area contributed by atoms with E-state index in [-0.39, 0.29) is 11.4 Å². The van der Waals surface area contributed by atoms with Gasteiger partial charge < -0.3 is 9.88 Å². The van der Waals surface area contributed by atoms with Crippen LogP contribution in [0.25, 0.3) is 5.69 Å². The minimum absolute atomic E-state index is 0.0104. The first-order valence-corrected chi connectivity index (χ1v) is 6.83. The number of hydrogen-bond acceptors (Lipinski definition) is 2. The lowest BCUT2D eigenvalue weighted by atomic mass is 10.1. The van der Waals surface area contributed by atoms with Crippen molar-refractivity contribution in [2.24, 2.45) is 0 Å². The SMILES string of the molecule is Cc1ncn(-c2c(F)cccc2CNC(C)(C)C)c1C. The average molecular weight is 275 g/mol. The second-order valence-electron chi connectivity index (χ2n) is 6.14. The van der Waals surface area contributed by atoms with E-state index in [1.807, 2.05) is 24.5 Å². The molecule has 1 heterocycles. The number of benzene rings is 1. The number of nitrogens with one attached hydrogen (secondary N) is 1. The molecule has 0 saturated heterocycles. The zero-order chi connectivity index (χ0) is 14.9. The van der Waals surface area contributed by atoms with Crippen molar-refractivity contribution < 1.29 is 4.39 Å². The van der Waals surface area contributed by atoms with E-state index < -0.39 is 0 Å². The Morgan fingerprint density at radius 3 is 2.50 bits per heavy atom. The van der Waals surface area contributed by atoms with Crippen molar-refractivity contribution in [3.05, 3.63) is 47.3 Å². The van der Waals surface area contributed by atoms with Gasteiger partial charge in [0.1, 0.15) is 5.82 Å². The number of imidazole rings is 1. The fourth-order valence-electron chi connectivity index (χ4n) is 2.06. The normalized spacial score (nSPS) is 11.9. The number of para-hydroxylation sites is 1. The second kappa shape index (κ2) is 5.37. The van der Waals surface area contributed by atoms with Crippen LogP contribution in [0.3, 0.4) is 0 Å². The Morgan fingerprint density at radius 2 is 1.95 bits per heavy atom. The van der Waals surface area contributed by atoms with E-state index in [1.165, 1.54) is 6.07 Å². The van der Waals surface area contributed by atoms with E-state index in [9.17, 15) is 4.39 Å². The van der Waals surface area contributed by atoms with Crippen LogP contribution in [0.15, 0.2) is 24.5 Å². The highest BCUT2D eigenvalue weighted by molar-refractivity contribution is 5.44. The lowest BCUT2D eigenvalue weighted by molar-refractivity contribution is 0.423. The summed E-state index contributed by atoms with van der Waals surface area (Å²) in [5.41, 5.74) is 3.39. The van der Waals surface area contributed by atoms with Gasteiger partial charge >= 0.3 is 0 Å². The molecule has 20 heavy (non-hydrogen) atoms. The van der Waals surface area contributed by atoms with Gasteiger partial charge in [0.15, 0.2) is 0 Å². The topological polar surface area (TPSA) is 29.9 Å². The summed E-state index contributed by atoms with van der Waals surface area (Å²) in [5.74, 6) is -0.223. The van der Waals surface area contributed by atoms with Crippen molar-refractivity contribution in [2.45, 2.75) is 46.7 Å². The van der Waals surface area contributed by atoms with E-state index in [2.05, 4.69) is 31.1 Å². The standard InChI is InChI=1S/C16H22FN3/c1-11-12(2)20(10-18-11)15-13(7-6-8-14(15)17)9-19-16(3,4)5/h6-8,10,19H,9H2,1-5H3. The van der Waals surface area contributed by atoms with Crippen LogP contribution in [0.5, 0.6) is 0 Å². The van der Waals surface area contributed by atoms with Crippen LogP contribution in [0.1, 0.15) is 37.7 Å². The number of halogens is 1. The molecular formula is C16H22FN3. The van der Waals surface area contributed by atoms with E-state index in [4.69, 9.17) is 0 Å². The van der Waals surface area contributed by atoms with Crippen LogP contribution >= 0.6 is 0 Å². The van der Waals surface area contributed by atoms with Crippen LogP contribution in [-0.2, 0) is 6.54 Å². The van der Waals surface area contributed by atoms with Gasteiger partial charge in [-0.25, -0.2) is 9.37 Å². The molecule has 1 aromatic heterocycles. The molecule has 0 aliphatic carbocycles. The summed E-state index contributed by atoms with van der Waals surface area (Å²) in [7, 11) is 0. The minimum Gasteiger partial charge on any atom is -0.308 e. The fourth-order valence-corrected chi connectivity index (χ4v) is 2.06. The molecule has 0 radical (unpaired) electrons. The molecule has 2 rings (SSSR count). The Kier molecular flexibility index (Phi) is 3.95.